The van der Waals surface area contributed by atoms with Crippen LogP contribution in [0.25, 0.3) is 0 Å². The van der Waals surface area contributed by atoms with Crippen molar-refractivity contribution in [1.29, 1.82) is 0 Å². The Balaban J connectivity index is 2.08. The highest BCUT2D eigenvalue weighted by atomic mass is 16.4. The summed E-state index contributed by atoms with van der Waals surface area (Å²) in [5, 5.41) is 11.4. The number of rotatable bonds is 3. The van der Waals surface area contributed by atoms with Gasteiger partial charge in [0.05, 0.1) is 0 Å². The fraction of sp³-hybridized carbons (Fsp3) is 0.300. The molecule has 1 aliphatic carbocycles. The first kappa shape index (κ1) is 9.64. The molecular formula is C10H10N2O3. The summed E-state index contributed by atoms with van der Waals surface area (Å²) in [7, 11) is 0. The van der Waals surface area contributed by atoms with Gasteiger partial charge in [0.1, 0.15) is 11.2 Å². The van der Waals surface area contributed by atoms with Crippen LogP contribution in [0.5, 0.6) is 0 Å². The molecule has 0 aliphatic heterocycles. The molecule has 2 N–H and O–H groups in total. The molecule has 0 aromatic carbocycles. The van der Waals surface area contributed by atoms with Crippen molar-refractivity contribution in [3.8, 4) is 0 Å². The number of pyridine rings is 1. The quantitative estimate of drug-likeness (QED) is 0.719. The molecular weight excluding hydrogens is 196 g/mol. The minimum Gasteiger partial charge on any atom is -0.480 e. The predicted octanol–water partition coefficient (Wildman–Crippen LogP) is 0.885. The molecule has 0 unspecified atom stereocenters. The van der Waals surface area contributed by atoms with E-state index in [0.717, 1.165) is 0 Å². The van der Waals surface area contributed by atoms with Crippen LogP contribution in [0.15, 0.2) is 24.4 Å². The Morgan fingerprint density at radius 1 is 1.40 bits per heavy atom. The number of carbonyl (C=O) groups is 2. The normalized spacial score (nSPS) is 16.8. The van der Waals surface area contributed by atoms with E-state index in [0.29, 0.717) is 18.7 Å². The fourth-order valence-electron chi connectivity index (χ4n) is 1.34. The molecule has 0 atom stereocenters. The van der Waals surface area contributed by atoms with Gasteiger partial charge < -0.3 is 10.4 Å². The number of hydrogen-bond acceptors (Lipinski definition) is 3. The van der Waals surface area contributed by atoms with Gasteiger partial charge in [0, 0.05) is 6.20 Å². The summed E-state index contributed by atoms with van der Waals surface area (Å²) in [5.74, 6) is -1.15. The van der Waals surface area contributed by atoms with Crippen molar-refractivity contribution in [3.63, 3.8) is 0 Å². The van der Waals surface area contributed by atoms with E-state index in [1.165, 1.54) is 6.20 Å². The average Bonchev–Trinajstić information content (AvgIpc) is 2.99. The molecule has 0 saturated heterocycles. The molecule has 2 rings (SSSR count). The molecule has 0 radical (unpaired) electrons. The van der Waals surface area contributed by atoms with Crippen LogP contribution in [-0.2, 0) is 9.59 Å². The van der Waals surface area contributed by atoms with Crippen LogP contribution in [0.2, 0.25) is 0 Å². The number of aromatic nitrogens is 1. The number of amides is 1. The number of nitrogens with zero attached hydrogens (tertiary/aromatic N) is 1. The maximum atomic E-state index is 11.6. The molecule has 1 saturated carbocycles. The number of aliphatic carboxylic acids is 1. The average molecular weight is 206 g/mol. The smallest absolute Gasteiger partial charge is 0.319 e. The topological polar surface area (TPSA) is 79.3 Å². The molecule has 15 heavy (non-hydrogen) atoms. The number of carbonyl (C=O) groups excluding carboxylic acids is 1. The van der Waals surface area contributed by atoms with Crippen LogP contribution in [0.1, 0.15) is 12.8 Å². The lowest BCUT2D eigenvalue weighted by Crippen LogP contribution is -2.31. The first-order valence-electron chi connectivity index (χ1n) is 4.61. The minimum absolute atomic E-state index is 0.384. The first-order chi connectivity index (χ1) is 7.15. The van der Waals surface area contributed by atoms with Gasteiger partial charge in [-0.1, -0.05) is 6.07 Å². The molecule has 1 heterocycles. The van der Waals surface area contributed by atoms with Crippen LogP contribution in [0.4, 0.5) is 5.82 Å². The molecule has 5 nitrogen and oxygen atoms in total. The molecule has 1 aromatic rings. The predicted molar refractivity (Wildman–Crippen MR) is 52.2 cm³/mol. The molecule has 0 spiro atoms. The van der Waals surface area contributed by atoms with Gasteiger partial charge in [-0.2, -0.15) is 0 Å². The van der Waals surface area contributed by atoms with E-state index in [9.17, 15) is 9.59 Å². The molecule has 78 valence electrons. The highest BCUT2D eigenvalue weighted by Crippen LogP contribution is 2.46. The number of hydrogen-bond donors (Lipinski definition) is 2. The van der Waals surface area contributed by atoms with Gasteiger partial charge in [0.2, 0.25) is 5.91 Å². The Kier molecular flexibility index (Phi) is 2.15. The van der Waals surface area contributed by atoms with Gasteiger partial charge >= 0.3 is 5.97 Å². The Hall–Kier alpha value is -1.91. The second-order valence-electron chi connectivity index (χ2n) is 3.56. The second kappa shape index (κ2) is 3.34. The molecule has 1 fully saturated rings. The van der Waals surface area contributed by atoms with E-state index in [-0.39, 0.29) is 0 Å². The number of carboxylic acid groups (broad SMARTS) is 1. The monoisotopic (exact) mass is 206 g/mol. The zero-order valence-corrected chi connectivity index (χ0v) is 7.93. The lowest BCUT2D eigenvalue weighted by molar-refractivity contribution is -0.147. The Labute approximate surface area is 86.1 Å². The van der Waals surface area contributed by atoms with Gasteiger partial charge in [0.15, 0.2) is 0 Å². The summed E-state index contributed by atoms with van der Waals surface area (Å²) in [6.45, 7) is 0. The van der Waals surface area contributed by atoms with Gasteiger partial charge in [-0.3, -0.25) is 9.59 Å². The van der Waals surface area contributed by atoms with Crippen molar-refractivity contribution < 1.29 is 14.7 Å². The van der Waals surface area contributed by atoms with Gasteiger partial charge in [-0.15, -0.1) is 0 Å². The van der Waals surface area contributed by atoms with E-state index in [2.05, 4.69) is 10.3 Å². The van der Waals surface area contributed by atoms with Crippen molar-refractivity contribution in [3.05, 3.63) is 24.4 Å². The molecule has 1 aliphatic rings. The lowest BCUT2D eigenvalue weighted by atomic mass is 10.1. The van der Waals surface area contributed by atoms with Crippen LogP contribution in [0.3, 0.4) is 0 Å². The molecule has 1 amide bonds. The van der Waals surface area contributed by atoms with Crippen LogP contribution in [-0.4, -0.2) is 22.0 Å². The number of anilines is 1. The van der Waals surface area contributed by atoms with Crippen LogP contribution < -0.4 is 5.32 Å². The summed E-state index contributed by atoms with van der Waals surface area (Å²) in [6, 6.07) is 5.07. The third kappa shape index (κ3) is 1.68. The maximum Gasteiger partial charge on any atom is 0.319 e. The van der Waals surface area contributed by atoms with Gasteiger partial charge in [-0.25, -0.2) is 4.98 Å². The summed E-state index contributed by atoms with van der Waals surface area (Å²) in [6.07, 6.45) is 2.35. The molecule has 5 heteroatoms. The van der Waals surface area contributed by atoms with Gasteiger partial charge in [0.25, 0.3) is 0 Å². The summed E-state index contributed by atoms with van der Waals surface area (Å²) >= 11 is 0. The van der Waals surface area contributed by atoms with Gasteiger partial charge in [-0.05, 0) is 25.0 Å². The van der Waals surface area contributed by atoms with E-state index in [1.807, 2.05) is 0 Å². The third-order valence-corrected chi connectivity index (χ3v) is 2.50. The van der Waals surface area contributed by atoms with Crippen molar-refractivity contribution in [2.24, 2.45) is 5.41 Å². The van der Waals surface area contributed by atoms with Crippen molar-refractivity contribution in [2.45, 2.75) is 12.8 Å². The first-order valence-corrected chi connectivity index (χ1v) is 4.61. The number of carboxylic acids is 1. The standard InChI is InChI=1S/C10H10N2O3/c13-8(10(4-5-10)9(14)15)12-7-3-1-2-6-11-7/h1-3,6H,4-5H2,(H,14,15)(H,11,12,13). The largest absolute Gasteiger partial charge is 0.480 e. The summed E-state index contributed by atoms with van der Waals surface area (Å²) in [5.41, 5.74) is -1.21. The van der Waals surface area contributed by atoms with E-state index in [1.54, 1.807) is 18.2 Å². The molecule has 0 bridgehead atoms. The number of nitrogens with one attached hydrogen (secondary N) is 1. The Bertz CT molecular complexity index is 398. The maximum absolute atomic E-state index is 11.6. The van der Waals surface area contributed by atoms with Crippen LogP contribution in [0, 0.1) is 5.41 Å². The highest BCUT2D eigenvalue weighted by molar-refractivity contribution is 6.10. The SMILES string of the molecule is O=C(O)C1(C(=O)Nc2ccccn2)CC1. The zero-order valence-electron chi connectivity index (χ0n) is 7.93. The Morgan fingerprint density at radius 2 is 2.13 bits per heavy atom. The van der Waals surface area contributed by atoms with Crippen molar-refractivity contribution in [2.75, 3.05) is 5.32 Å². The summed E-state index contributed by atoms with van der Waals surface area (Å²) in [4.78, 5) is 26.3. The van der Waals surface area contributed by atoms with E-state index in [4.69, 9.17) is 5.11 Å². The highest BCUT2D eigenvalue weighted by Gasteiger charge is 2.57. The van der Waals surface area contributed by atoms with Crippen LogP contribution >= 0.6 is 0 Å². The zero-order chi connectivity index (χ0) is 10.9. The van der Waals surface area contributed by atoms with E-state index >= 15 is 0 Å². The Morgan fingerprint density at radius 3 is 2.60 bits per heavy atom. The summed E-state index contributed by atoms with van der Waals surface area (Å²) < 4.78 is 0. The molecule has 1 aromatic heterocycles. The fourth-order valence-corrected chi connectivity index (χ4v) is 1.34. The third-order valence-electron chi connectivity index (χ3n) is 2.50. The lowest BCUT2D eigenvalue weighted by Gasteiger charge is -2.09. The minimum atomic E-state index is -1.21. The van der Waals surface area contributed by atoms with E-state index < -0.39 is 17.3 Å². The van der Waals surface area contributed by atoms with Crippen molar-refractivity contribution in [1.82, 2.24) is 4.98 Å². The van der Waals surface area contributed by atoms with Crippen molar-refractivity contribution >= 4 is 17.7 Å². The second-order valence-corrected chi connectivity index (χ2v) is 3.56.